The Labute approximate surface area is 60.7 Å². The first kappa shape index (κ1) is 7.54. The van der Waals surface area contributed by atoms with Crippen molar-refractivity contribution >= 4 is 5.97 Å². The Kier molecular flexibility index (Phi) is 2.27. The van der Waals surface area contributed by atoms with Crippen molar-refractivity contribution in [2.75, 3.05) is 13.1 Å². The number of hydrogen-bond donors (Lipinski definition) is 1. The molecule has 3 heteroatoms. The van der Waals surface area contributed by atoms with Crippen LogP contribution in [0.3, 0.4) is 0 Å². The van der Waals surface area contributed by atoms with E-state index in [0.29, 0.717) is 5.92 Å². The largest absolute Gasteiger partial charge is 0.461 e. The Hall–Kier alpha value is -0.570. The Morgan fingerprint density at radius 1 is 1.60 bits per heavy atom. The monoisotopic (exact) mass is 143 g/mol. The minimum atomic E-state index is -0.180. The highest BCUT2D eigenvalue weighted by Gasteiger charge is 2.24. The lowest BCUT2D eigenvalue weighted by atomic mass is 10.1. The van der Waals surface area contributed by atoms with Gasteiger partial charge < -0.3 is 10.1 Å². The van der Waals surface area contributed by atoms with E-state index in [-0.39, 0.29) is 12.1 Å². The lowest BCUT2D eigenvalue weighted by Crippen LogP contribution is -2.23. The summed E-state index contributed by atoms with van der Waals surface area (Å²) in [5.74, 6) is 0.282. The summed E-state index contributed by atoms with van der Waals surface area (Å²) in [7, 11) is 0. The molecule has 0 spiro atoms. The molecule has 1 fully saturated rings. The second-order valence-electron chi connectivity index (χ2n) is 2.78. The maximum Gasteiger partial charge on any atom is 0.302 e. The summed E-state index contributed by atoms with van der Waals surface area (Å²) in [6.45, 7) is 5.29. The molecular formula is C7H13NO2. The predicted molar refractivity (Wildman–Crippen MR) is 37.6 cm³/mol. The second kappa shape index (κ2) is 3.01. The van der Waals surface area contributed by atoms with E-state index in [4.69, 9.17) is 4.74 Å². The highest BCUT2D eigenvalue weighted by atomic mass is 16.5. The Morgan fingerprint density at radius 3 is 2.70 bits per heavy atom. The molecule has 1 aliphatic rings. The van der Waals surface area contributed by atoms with Gasteiger partial charge in [-0.3, -0.25) is 4.79 Å². The number of esters is 1. The van der Waals surface area contributed by atoms with Crippen molar-refractivity contribution in [1.29, 1.82) is 0 Å². The molecule has 0 aromatic carbocycles. The van der Waals surface area contributed by atoms with Crippen LogP contribution >= 0.6 is 0 Å². The van der Waals surface area contributed by atoms with Crippen LogP contribution < -0.4 is 5.32 Å². The Bertz CT molecular complexity index is 136. The number of carbonyl (C=O) groups excluding carboxylic acids is 1. The van der Waals surface area contributed by atoms with Gasteiger partial charge in [0.15, 0.2) is 0 Å². The van der Waals surface area contributed by atoms with Gasteiger partial charge in [-0.2, -0.15) is 0 Å². The van der Waals surface area contributed by atoms with E-state index >= 15 is 0 Å². The van der Waals surface area contributed by atoms with Crippen molar-refractivity contribution in [3.05, 3.63) is 0 Å². The molecule has 1 saturated heterocycles. The molecular weight excluding hydrogens is 130 g/mol. The highest BCUT2D eigenvalue weighted by Crippen LogP contribution is 2.11. The normalized spacial score (nSPS) is 32.2. The van der Waals surface area contributed by atoms with Crippen LogP contribution in [0.15, 0.2) is 0 Å². The molecule has 1 N–H and O–H groups in total. The molecule has 0 amide bonds. The molecule has 1 heterocycles. The molecule has 0 aromatic heterocycles. The molecule has 1 rings (SSSR count). The van der Waals surface area contributed by atoms with E-state index in [0.717, 1.165) is 13.1 Å². The molecule has 0 aliphatic carbocycles. The average molecular weight is 143 g/mol. The topological polar surface area (TPSA) is 38.3 Å². The van der Waals surface area contributed by atoms with E-state index in [1.54, 1.807) is 0 Å². The van der Waals surface area contributed by atoms with Gasteiger partial charge in [-0.15, -0.1) is 0 Å². The smallest absolute Gasteiger partial charge is 0.302 e. The van der Waals surface area contributed by atoms with Crippen LogP contribution in [-0.4, -0.2) is 25.2 Å². The molecule has 0 saturated carbocycles. The second-order valence-corrected chi connectivity index (χ2v) is 2.78. The van der Waals surface area contributed by atoms with E-state index in [1.165, 1.54) is 6.92 Å². The maximum atomic E-state index is 10.5. The van der Waals surface area contributed by atoms with Crippen LogP contribution in [0, 0.1) is 5.92 Å². The zero-order valence-electron chi connectivity index (χ0n) is 6.39. The summed E-state index contributed by atoms with van der Waals surface area (Å²) in [6, 6.07) is 0. The summed E-state index contributed by atoms with van der Waals surface area (Å²) < 4.78 is 5.02. The Balaban J connectivity index is 2.33. The third-order valence-electron chi connectivity index (χ3n) is 1.76. The molecule has 0 aromatic rings. The van der Waals surface area contributed by atoms with E-state index in [9.17, 15) is 4.79 Å². The summed E-state index contributed by atoms with van der Waals surface area (Å²) in [5.41, 5.74) is 0. The fourth-order valence-electron chi connectivity index (χ4n) is 1.16. The van der Waals surface area contributed by atoms with Crippen LogP contribution in [-0.2, 0) is 9.53 Å². The standard InChI is InChI=1S/C7H13NO2/c1-5-3-8-4-7(5)10-6(2)9/h5,7-8H,3-4H2,1-2H3. The third kappa shape index (κ3) is 1.70. The lowest BCUT2D eigenvalue weighted by molar-refractivity contribution is -0.146. The molecule has 2 unspecified atom stereocenters. The quantitative estimate of drug-likeness (QED) is 0.531. The van der Waals surface area contributed by atoms with Gasteiger partial charge in [0.25, 0.3) is 0 Å². The van der Waals surface area contributed by atoms with Crippen LogP contribution in [0.25, 0.3) is 0 Å². The van der Waals surface area contributed by atoms with E-state index in [1.807, 2.05) is 0 Å². The van der Waals surface area contributed by atoms with Crippen LogP contribution in [0.1, 0.15) is 13.8 Å². The van der Waals surface area contributed by atoms with Crippen molar-refractivity contribution in [3.63, 3.8) is 0 Å². The maximum absolute atomic E-state index is 10.5. The first-order chi connectivity index (χ1) is 4.70. The molecule has 0 bridgehead atoms. The van der Waals surface area contributed by atoms with Crippen molar-refractivity contribution in [2.45, 2.75) is 20.0 Å². The van der Waals surface area contributed by atoms with Gasteiger partial charge in [0.1, 0.15) is 6.10 Å². The van der Waals surface area contributed by atoms with Crippen LogP contribution in [0.2, 0.25) is 0 Å². The molecule has 58 valence electrons. The number of carbonyl (C=O) groups is 1. The van der Waals surface area contributed by atoms with Gasteiger partial charge in [-0.25, -0.2) is 0 Å². The molecule has 1 aliphatic heterocycles. The van der Waals surface area contributed by atoms with Gasteiger partial charge in [-0.05, 0) is 0 Å². The van der Waals surface area contributed by atoms with E-state index in [2.05, 4.69) is 12.2 Å². The van der Waals surface area contributed by atoms with Crippen molar-refractivity contribution in [3.8, 4) is 0 Å². The van der Waals surface area contributed by atoms with Crippen LogP contribution in [0.5, 0.6) is 0 Å². The SMILES string of the molecule is CC(=O)OC1CNCC1C. The number of rotatable bonds is 1. The predicted octanol–water partition coefficient (Wildman–Crippen LogP) is 0.157. The molecule has 10 heavy (non-hydrogen) atoms. The molecule has 3 nitrogen and oxygen atoms in total. The minimum Gasteiger partial charge on any atom is -0.461 e. The number of hydrogen-bond acceptors (Lipinski definition) is 3. The average Bonchev–Trinajstić information content (AvgIpc) is 2.15. The fourth-order valence-corrected chi connectivity index (χ4v) is 1.16. The van der Waals surface area contributed by atoms with Gasteiger partial charge in [0.05, 0.1) is 0 Å². The zero-order valence-corrected chi connectivity index (χ0v) is 6.39. The summed E-state index contributed by atoms with van der Waals surface area (Å²) in [4.78, 5) is 10.5. The first-order valence-electron chi connectivity index (χ1n) is 3.58. The minimum absolute atomic E-state index is 0.0949. The van der Waals surface area contributed by atoms with Gasteiger partial charge in [-0.1, -0.05) is 6.92 Å². The summed E-state index contributed by atoms with van der Waals surface area (Å²) in [5, 5.41) is 3.15. The molecule has 0 radical (unpaired) electrons. The zero-order chi connectivity index (χ0) is 7.56. The number of ether oxygens (including phenoxy) is 1. The summed E-state index contributed by atoms with van der Waals surface area (Å²) in [6.07, 6.45) is 0.0949. The Morgan fingerprint density at radius 2 is 2.30 bits per heavy atom. The van der Waals surface area contributed by atoms with Gasteiger partial charge in [0, 0.05) is 25.9 Å². The third-order valence-corrected chi connectivity index (χ3v) is 1.76. The van der Waals surface area contributed by atoms with Gasteiger partial charge >= 0.3 is 5.97 Å². The van der Waals surface area contributed by atoms with E-state index < -0.39 is 0 Å². The van der Waals surface area contributed by atoms with Crippen molar-refractivity contribution in [2.24, 2.45) is 5.92 Å². The van der Waals surface area contributed by atoms with Gasteiger partial charge in [0.2, 0.25) is 0 Å². The first-order valence-corrected chi connectivity index (χ1v) is 3.58. The van der Waals surface area contributed by atoms with Crippen molar-refractivity contribution in [1.82, 2.24) is 5.32 Å². The number of nitrogens with one attached hydrogen (secondary N) is 1. The van der Waals surface area contributed by atoms with Crippen molar-refractivity contribution < 1.29 is 9.53 Å². The van der Waals surface area contributed by atoms with Crippen LogP contribution in [0.4, 0.5) is 0 Å². The summed E-state index contributed by atoms with van der Waals surface area (Å²) >= 11 is 0. The fraction of sp³-hybridized carbons (Fsp3) is 0.857. The lowest BCUT2D eigenvalue weighted by Gasteiger charge is -2.13. The highest BCUT2D eigenvalue weighted by molar-refractivity contribution is 5.66. The molecule has 2 atom stereocenters.